The molecule has 19 heavy (non-hydrogen) atoms. The quantitative estimate of drug-likeness (QED) is 0.722. The van der Waals surface area contributed by atoms with Crippen LogP contribution in [0.25, 0.3) is 0 Å². The maximum absolute atomic E-state index is 12.8. The summed E-state index contributed by atoms with van der Waals surface area (Å²) < 4.78 is 29.7. The Hall–Kier alpha value is -0.150. The summed E-state index contributed by atoms with van der Waals surface area (Å²) in [6, 6.07) is 0. The molecule has 0 aromatic carbocycles. The van der Waals surface area contributed by atoms with Gasteiger partial charge in [0, 0.05) is 0 Å². The minimum Gasteiger partial charge on any atom is -0.366 e. The second-order valence-corrected chi connectivity index (χ2v) is 7.88. The van der Waals surface area contributed by atoms with E-state index >= 15 is 0 Å². The molecule has 2 saturated carbocycles. The highest BCUT2D eigenvalue weighted by molar-refractivity contribution is 7.58. The lowest BCUT2D eigenvalue weighted by molar-refractivity contribution is -0.0174. The molecule has 5 heteroatoms. The Morgan fingerprint density at radius 3 is 2.63 bits per heavy atom. The molecule has 0 radical (unpaired) electrons. The van der Waals surface area contributed by atoms with E-state index < -0.39 is 7.60 Å². The van der Waals surface area contributed by atoms with Crippen LogP contribution < -0.4 is 0 Å². The average molecular weight is 286 g/mol. The van der Waals surface area contributed by atoms with Gasteiger partial charge in [-0.25, -0.2) is 0 Å². The zero-order chi connectivity index (χ0) is 13.5. The fourth-order valence-electron chi connectivity index (χ4n) is 3.95. The Morgan fingerprint density at radius 1 is 1.37 bits per heavy atom. The van der Waals surface area contributed by atoms with E-state index in [4.69, 9.17) is 13.8 Å². The third kappa shape index (κ3) is 2.23. The Kier molecular flexibility index (Phi) is 3.63. The minimum absolute atomic E-state index is 0.165. The van der Waals surface area contributed by atoms with Crippen molar-refractivity contribution in [3.05, 3.63) is 11.4 Å². The molecule has 0 N–H and O–H groups in total. The van der Waals surface area contributed by atoms with Gasteiger partial charge in [0.25, 0.3) is 0 Å². The second-order valence-electron chi connectivity index (χ2n) is 5.79. The number of rotatable bonds is 5. The summed E-state index contributed by atoms with van der Waals surface area (Å²) in [5.41, 5.74) is -0.165. The first-order chi connectivity index (χ1) is 9.12. The SMILES string of the molecule is CCOP(=O)(OCC)C1=CC2(CC3CCC2C3)OC1. The molecule has 108 valence electrons. The van der Waals surface area contributed by atoms with Gasteiger partial charge in [-0.05, 0) is 57.4 Å². The lowest BCUT2D eigenvalue weighted by atomic mass is 9.84. The Morgan fingerprint density at radius 2 is 2.11 bits per heavy atom. The molecule has 2 bridgehead atoms. The minimum atomic E-state index is -3.13. The zero-order valence-electron chi connectivity index (χ0n) is 11.8. The highest BCUT2D eigenvalue weighted by Crippen LogP contribution is 2.63. The molecule has 3 rings (SSSR count). The Balaban J connectivity index is 1.84. The van der Waals surface area contributed by atoms with E-state index in [1.807, 2.05) is 13.8 Å². The fraction of sp³-hybridized carbons (Fsp3) is 0.857. The van der Waals surface area contributed by atoms with Crippen molar-refractivity contribution in [1.29, 1.82) is 0 Å². The molecule has 2 fully saturated rings. The maximum Gasteiger partial charge on any atom is 0.359 e. The number of ether oxygens (including phenoxy) is 1. The molecule has 0 aromatic heterocycles. The van der Waals surface area contributed by atoms with E-state index in [2.05, 4.69) is 6.08 Å². The van der Waals surface area contributed by atoms with Gasteiger partial charge in [-0.2, -0.15) is 0 Å². The summed E-state index contributed by atoms with van der Waals surface area (Å²) >= 11 is 0. The van der Waals surface area contributed by atoms with Gasteiger partial charge in [-0.3, -0.25) is 4.57 Å². The topological polar surface area (TPSA) is 44.8 Å². The highest BCUT2D eigenvalue weighted by Gasteiger charge is 2.54. The standard InChI is InChI=1S/C14H23O4P/c1-3-17-19(15,18-4-2)13-9-14(16-10-13)8-11-5-6-12(14)7-11/h9,11-12H,3-8,10H2,1-2H3. The van der Waals surface area contributed by atoms with Gasteiger partial charge in [0.1, 0.15) is 0 Å². The Labute approximate surface area is 115 Å². The van der Waals surface area contributed by atoms with Crippen LogP contribution in [0, 0.1) is 11.8 Å². The summed E-state index contributed by atoms with van der Waals surface area (Å²) in [7, 11) is -3.13. The number of hydrogen-bond acceptors (Lipinski definition) is 4. The van der Waals surface area contributed by atoms with Crippen LogP contribution in [-0.4, -0.2) is 25.4 Å². The van der Waals surface area contributed by atoms with Gasteiger partial charge in [0.05, 0.1) is 30.7 Å². The number of hydrogen-bond donors (Lipinski definition) is 0. The van der Waals surface area contributed by atoms with E-state index in [9.17, 15) is 4.57 Å². The highest BCUT2D eigenvalue weighted by atomic mass is 31.2. The van der Waals surface area contributed by atoms with Crippen molar-refractivity contribution in [2.24, 2.45) is 11.8 Å². The molecule has 3 unspecified atom stereocenters. The molecule has 4 nitrogen and oxygen atoms in total. The molecule has 1 aliphatic heterocycles. The predicted molar refractivity (Wildman–Crippen MR) is 73.1 cm³/mol. The van der Waals surface area contributed by atoms with Crippen LogP contribution in [0.3, 0.4) is 0 Å². The van der Waals surface area contributed by atoms with Crippen molar-refractivity contribution >= 4 is 7.60 Å². The first-order valence-electron chi connectivity index (χ1n) is 7.37. The molecule has 0 saturated heterocycles. The summed E-state index contributed by atoms with van der Waals surface area (Å²) in [6.07, 6.45) is 7.00. The van der Waals surface area contributed by atoms with Crippen LogP contribution in [0.1, 0.15) is 39.5 Å². The molecule has 3 aliphatic rings. The van der Waals surface area contributed by atoms with Crippen LogP contribution in [0.2, 0.25) is 0 Å². The van der Waals surface area contributed by atoms with E-state index in [1.54, 1.807) is 0 Å². The first kappa shape index (κ1) is 13.8. The predicted octanol–water partition coefficient (Wildman–Crippen LogP) is 3.73. The molecule has 0 amide bonds. The van der Waals surface area contributed by atoms with Gasteiger partial charge < -0.3 is 13.8 Å². The van der Waals surface area contributed by atoms with Crippen LogP contribution >= 0.6 is 7.60 Å². The van der Waals surface area contributed by atoms with E-state index in [0.29, 0.717) is 25.7 Å². The van der Waals surface area contributed by atoms with E-state index in [-0.39, 0.29) is 5.60 Å². The first-order valence-corrected chi connectivity index (χ1v) is 8.91. The second kappa shape index (κ2) is 5.00. The van der Waals surface area contributed by atoms with Crippen LogP contribution in [-0.2, 0) is 18.3 Å². The van der Waals surface area contributed by atoms with Gasteiger partial charge in [-0.1, -0.05) is 0 Å². The summed E-state index contributed by atoms with van der Waals surface area (Å²) in [4.78, 5) is 0. The lowest BCUT2D eigenvalue weighted by Gasteiger charge is -2.31. The van der Waals surface area contributed by atoms with Crippen molar-refractivity contribution in [1.82, 2.24) is 0 Å². The van der Waals surface area contributed by atoms with Gasteiger partial charge >= 0.3 is 7.60 Å². The lowest BCUT2D eigenvalue weighted by Crippen LogP contribution is -2.33. The molecule has 3 atom stereocenters. The van der Waals surface area contributed by atoms with Crippen molar-refractivity contribution in [2.75, 3.05) is 19.8 Å². The van der Waals surface area contributed by atoms with Crippen LogP contribution in [0.4, 0.5) is 0 Å². The maximum atomic E-state index is 12.8. The molecular weight excluding hydrogens is 263 g/mol. The van der Waals surface area contributed by atoms with Gasteiger partial charge in [0.15, 0.2) is 0 Å². The zero-order valence-corrected chi connectivity index (χ0v) is 12.7. The summed E-state index contributed by atoms with van der Waals surface area (Å²) in [5, 5.41) is 0.740. The fourth-order valence-corrected chi connectivity index (χ4v) is 5.64. The van der Waals surface area contributed by atoms with Crippen LogP contribution in [0.5, 0.6) is 0 Å². The number of fused-ring (bicyclic) bond motifs is 3. The van der Waals surface area contributed by atoms with Crippen molar-refractivity contribution in [2.45, 2.75) is 45.1 Å². The monoisotopic (exact) mass is 286 g/mol. The Bertz CT molecular complexity index is 423. The molecule has 2 aliphatic carbocycles. The molecule has 1 heterocycles. The molecule has 0 aromatic rings. The van der Waals surface area contributed by atoms with Crippen LogP contribution in [0.15, 0.2) is 11.4 Å². The van der Waals surface area contributed by atoms with Crippen molar-refractivity contribution < 1.29 is 18.3 Å². The third-order valence-corrected chi connectivity index (χ3v) is 6.85. The van der Waals surface area contributed by atoms with Crippen molar-refractivity contribution in [3.63, 3.8) is 0 Å². The van der Waals surface area contributed by atoms with E-state index in [0.717, 1.165) is 17.7 Å². The van der Waals surface area contributed by atoms with E-state index in [1.165, 1.54) is 19.3 Å². The summed E-state index contributed by atoms with van der Waals surface area (Å²) in [5.74, 6) is 1.39. The average Bonchev–Trinajstić information content (AvgIpc) is 3.06. The summed E-state index contributed by atoms with van der Waals surface area (Å²) in [6.45, 7) is 4.88. The van der Waals surface area contributed by atoms with Gasteiger partial charge in [0.2, 0.25) is 0 Å². The molecule has 1 spiro atoms. The van der Waals surface area contributed by atoms with Crippen molar-refractivity contribution in [3.8, 4) is 0 Å². The third-order valence-electron chi connectivity index (χ3n) is 4.69. The van der Waals surface area contributed by atoms with Gasteiger partial charge in [-0.15, -0.1) is 0 Å². The molecular formula is C14H23O4P. The largest absolute Gasteiger partial charge is 0.366 e. The smallest absolute Gasteiger partial charge is 0.359 e. The normalized spacial score (nSPS) is 37.3.